The van der Waals surface area contributed by atoms with Gasteiger partial charge in [-0.15, -0.1) is 0 Å². The summed E-state index contributed by atoms with van der Waals surface area (Å²) in [7, 11) is 1.64. The molecule has 5 rings (SSSR count). The van der Waals surface area contributed by atoms with E-state index in [2.05, 4.69) is 17.6 Å². The maximum atomic E-state index is 13.0. The van der Waals surface area contributed by atoms with E-state index in [1.54, 1.807) is 13.2 Å². The van der Waals surface area contributed by atoms with E-state index in [9.17, 15) is 9.59 Å². The zero-order valence-electron chi connectivity index (χ0n) is 17.9. The lowest BCUT2D eigenvalue weighted by Gasteiger charge is -2.24. The normalized spacial score (nSPS) is 15.2. The van der Waals surface area contributed by atoms with Gasteiger partial charge in [-0.05, 0) is 60.5 Å². The van der Waals surface area contributed by atoms with Crippen molar-refractivity contribution in [2.75, 3.05) is 19.0 Å². The molecule has 160 valence electrons. The minimum Gasteiger partial charge on any atom is -0.497 e. The Hall–Kier alpha value is -4.06. The van der Waals surface area contributed by atoms with Crippen molar-refractivity contribution in [3.8, 4) is 16.9 Å². The number of ether oxygens (including phenoxy) is 1. The summed E-state index contributed by atoms with van der Waals surface area (Å²) >= 11 is 0. The number of hydrogen-bond donors (Lipinski definition) is 2. The maximum absolute atomic E-state index is 13.0. The number of nitrogens with zero attached hydrogens (tertiary/aromatic N) is 1. The number of methoxy groups -OCH3 is 1. The molecule has 1 aliphatic heterocycles. The summed E-state index contributed by atoms with van der Waals surface area (Å²) in [6.07, 6.45) is 0. The second-order valence-electron chi connectivity index (χ2n) is 8.00. The third-order valence-electron chi connectivity index (χ3n) is 5.88. The van der Waals surface area contributed by atoms with Crippen LogP contribution in [0.3, 0.4) is 0 Å². The number of fused-ring (bicyclic) bond motifs is 3. The van der Waals surface area contributed by atoms with Crippen molar-refractivity contribution in [3.05, 3.63) is 84.1 Å². The first-order valence-corrected chi connectivity index (χ1v) is 10.5. The zero-order valence-corrected chi connectivity index (χ0v) is 17.9. The second kappa shape index (κ2) is 7.89. The quantitative estimate of drug-likeness (QED) is 0.490. The molecule has 0 saturated heterocycles. The topological polar surface area (TPSA) is 72.4 Å². The van der Waals surface area contributed by atoms with Crippen LogP contribution in [0.2, 0.25) is 0 Å². The Morgan fingerprint density at radius 3 is 2.62 bits per heavy atom. The van der Waals surface area contributed by atoms with Crippen LogP contribution in [0.5, 0.6) is 5.75 Å². The first-order valence-electron chi connectivity index (χ1n) is 10.5. The van der Waals surface area contributed by atoms with Gasteiger partial charge in [0.25, 0.3) is 11.8 Å². The highest BCUT2D eigenvalue weighted by Crippen LogP contribution is 2.28. The van der Waals surface area contributed by atoms with Crippen LogP contribution in [0.1, 0.15) is 33.8 Å². The molecule has 0 radical (unpaired) electrons. The first-order chi connectivity index (χ1) is 15.5. The van der Waals surface area contributed by atoms with Gasteiger partial charge in [0.05, 0.1) is 7.11 Å². The fourth-order valence-electron chi connectivity index (χ4n) is 4.20. The van der Waals surface area contributed by atoms with Crippen LogP contribution in [0.4, 0.5) is 5.69 Å². The van der Waals surface area contributed by atoms with Gasteiger partial charge in [0.2, 0.25) is 0 Å². The SMILES string of the molecule is COc1ccc(-c2cccc(NC(=O)c3ccc4cc5n(c4c3)C(C)CNC5=O)c2)cc1. The number of aromatic nitrogens is 1. The lowest BCUT2D eigenvalue weighted by atomic mass is 10.0. The van der Waals surface area contributed by atoms with Crippen LogP contribution in [-0.4, -0.2) is 30.0 Å². The molecule has 2 heterocycles. The first kappa shape index (κ1) is 19.9. The molecule has 1 aliphatic rings. The molecule has 1 aromatic heterocycles. The van der Waals surface area contributed by atoms with Crippen molar-refractivity contribution in [2.45, 2.75) is 13.0 Å². The molecule has 3 aromatic carbocycles. The molecular formula is C26H23N3O3. The van der Waals surface area contributed by atoms with Crippen molar-refractivity contribution in [3.63, 3.8) is 0 Å². The third kappa shape index (κ3) is 3.50. The summed E-state index contributed by atoms with van der Waals surface area (Å²) in [5, 5.41) is 6.84. The van der Waals surface area contributed by atoms with E-state index in [-0.39, 0.29) is 17.9 Å². The molecular weight excluding hydrogens is 402 g/mol. The van der Waals surface area contributed by atoms with Gasteiger partial charge in [-0.2, -0.15) is 0 Å². The Morgan fingerprint density at radius 1 is 1.03 bits per heavy atom. The summed E-state index contributed by atoms with van der Waals surface area (Å²) in [5.74, 6) is 0.524. The molecule has 1 unspecified atom stereocenters. The number of nitrogens with one attached hydrogen (secondary N) is 2. The van der Waals surface area contributed by atoms with Gasteiger partial charge in [-0.1, -0.05) is 30.3 Å². The van der Waals surface area contributed by atoms with Crippen LogP contribution >= 0.6 is 0 Å². The van der Waals surface area contributed by atoms with Crippen LogP contribution in [0, 0.1) is 0 Å². The van der Waals surface area contributed by atoms with Gasteiger partial charge in [-0.25, -0.2) is 0 Å². The molecule has 1 atom stereocenters. The fraction of sp³-hybridized carbons (Fsp3) is 0.154. The van der Waals surface area contributed by atoms with Crippen molar-refractivity contribution in [1.82, 2.24) is 9.88 Å². The second-order valence-corrected chi connectivity index (χ2v) is 8.00. The number of benzene rings is 3. The lowest BCUT2D eigenvalue weighted by Crippen LogP contribution is -2.37. The summed E-state index contributed by atoms with van der Waals surface area (Å²) in [5.41, 5.74) is 4.82. The molecule has 0 saturated carbocycles. The minimum absolute atomic E-state index is 0.0827. The minimum atomic E-state index is -0.192. The molecule has 0 aliphatic carbocycles. The van der Waals surface area contributed by atoms with Gasteiger partial charge in [-0.3, -0.25) is 9.59 Å². The van der Waals surface area contributed by atoms with E-state index in [0.717, 1.165) is 27.8 Å². The van der Waals surface area contributed by atoms with Crippen LogP contribution in [0.15, 0.2) is 72.8 Å². The highest BCUT2D eigenvalue weighted by atomic mass is 16.5. The molecule has 32 heavy (non-hydrogen) atoms. The van der Waals surface area contributed by atoms with Crippen molar-refractivity contribution >= 4 is 28.4 Å². The molecule has 0 bridgehead atoms. The summed E-state index contributed by atoms with van der Waals surface area (Å²) in [6.45, 7) is 2.63. The Labute approximate surface area is 185 Å². The summed E-state index contributed by atoms with van der Waals surface area (Å²) in [4.78, 5) is 25.2. The smallest absolute Gasteiger partial charge is 0.268 e. The van der Waals surface area contributed by atoms with E-state index in [1.165, 1.54) is 0 Å². The Bertz CT molecular complexity index is 1340. The van der Waals surface area contributed by atoms with Gasteiger partial charge < -0.3 is 19.9 Å². The molecule has 0 fully saturated rings. The van der Waals surface area contributed by atoms with E-state index in [4.69, 9.17) is 4.74 Å². The number of carbonyl (C=O) groups is 2. The Balaban J connectivity index is 1.42. The molecule has 4 aromatic rings. The van der Waals surface area contributed by atoms with E-state index in [1.807, 2.05) is 71.3 Å². The molecule has 2 amide bonds. The Morgan fingerprint density at radius 2 is 1.84 bits per heavy atom. The average Bonchev–Trinajstić information content (AvgIpc) is 3.22. The average molecular weight is 425 g/mol. The molecule has 6 nitrogen and oxygen atoms in total. The molecule has 2 N–H and O–H groups in total. The van der Waals surface area contributed by atoms with Crippen LogP contribution < -0.4 is 15.4 Å². The largest absolute Gasteiger partial charge is 0.497 e. The highest BCUT2D eigenvalue weighted by Gasteiger charge is 2.24. The zero-order chi connectivity index (χ0) is 22.2. The van der Waals surface area contributed by atoms with E-state index < -0.39 is 0 Å². The van der Waals surface area contributed by atoms with Gasteiger partial charge >= 0.3 is 0 Å². The number of amides is 2. The van der Waals surface area contributed by atoms with Crippen LogP contribution in [0.25, 0.3) is 22.0 Å². The van der Waals surface area contributed by atoms with E-state index in [0.29, 0.717) is 23.5 Å². The molecule has 6 heteroatoms. The standard InChI is InChI=1S/C26H23N3O3/c1-16-15-27-26(31)24-13-19-6-7-20(14-23(19)29(16)24)25(30)28-21-5-3-4-18(12-21)17-8-10-22(32-2)11-9-17/h3-14,16H,15H2,1-2H3,(H,27,31)(H,28,30). The third-order valence-corrected chi connectivity index (χ3v) is 5.88. The fourth-order valence-corrected chi connectivity index (χ4v) is 4.20. The highest BCUT2D eigenvalue weighted by molar-refractivity contribution is 6.07. The predicted octanol–water partition coefficient (Wildman–Crippen LogP) is 4.87. The number of hydrogen-bond acceptors (Lipinski definition) is 3. The van der Waals surface area contributed by atoms with Gasteiger partial charge in [0.15, 0.2) is 0 Å². The van der Waals surface area contributed by atoms with Gasteiger partial charge in [0.1, 0.15) is 11.4 Å². The maximum Gasteiger partial charge on any atom is 0.268 e. The number of rotatable bonds is 4. The van der Waals surface area contributed by atoms with E-state index >= 15 is 0 Å². The summed E-state index contributed by atoms with van der Waals surface area (Å²) < 4.78 is 7.23. The predicted molar refractivity (Wildman–Crippen MR) is 125 cm³/mol. The molecule has 0 spiro atoms. The lowest BCUT2D eigenvalue weighted by molar-refractivity contribution is 0.0919. The van der Waals surface area contributed by atoms with Crippen molar-refractivity contribution in [1.29, 1.82) is 0 Å². The van der Waals surface area contributed by atoms with Crippen LogP contribution in [-0.2, 0) is 0 Å². The Kier molecular flexibility index (Phi) is 4.90. The van der Waals surface area contributed by atoms with Crippen molar-refractivity contribution < 1.29 is 14.3 Å². The number of carbonyl (C=O) groups excluding carboxylic acids is 2. The summed E-state index contributed by atoms with van der Waals surface area (Å²) in [6, 6.07) is 23.1. The monoisotopic (exact) mass is 425 g/mol. The van der Waals surface area contributed by atoms with Crippen molar-refractivity contribution in [2.24, 2.45) is 0 Å². The van der Waals surface area contributed by atoms with Gasteiger partial charge in [0, 0.05) is 34.7 Å². The number of anilines is 1.